The average Bonchev–Trinajstić information content (AvgIpc) is 2.14. The number of nitrogens with one attached hydrogen (secondary N) is 1. The number of hydrogen-bond donors (Lipinski definition) is 1. The number of benzene rings is 1. The second-order valence-corrected chi connectivity index (χ2v) is 4.71. The van der Waals surface area contributed by atoms with Crippen LogP contribution >= 0.6 is 27.5 Å². The fourth-order valence-electron chi connectivity index (χ4n) is 1.08. The summed E-state index contributed by atoms with van der Waals surface area (Å²) in [5.41, 5.74) is 1.51. The second kappa shape index (κ2) is 5.33. The van der Waals surface area contributed by atoms with Crippen molar-refractivity contribution in [1.29, 1.82) is 0 Å². The Balaban J connectivity index is 2.78. The topological polar surface area (TPSA) is 29.1 Å². The van der Waals surface area contributed by atoms with Crippen molar-refractivity contribution in [2.45, 2.75) is 6.92 Å². The van der Waals surface area contributed by atoms with Crippen molar-refractivity contribution in [2.24, 2.45) is 0 Å². The molecule has 1 rings (SSSR count). The number of rotatable bonds is 3. The largest absolute Gasteiger partial charge is 0.347 e. The Morgan fingerprint density at radius 1 is 1.60 bits per heavy atom. The molecule has 15 heavy (non-hydrogen) atoms. The third-order valence-corrected chi connectivity index (χ3v) is 2.40. The molecule has 0 aromatic heterocycles. The minimum Gasteiger partial charge on any atom is -0.347 e. The van der Waals surface area contributed by atoms with E-state index < -0.39 is 0 Å². The zero-order valence-corrected chi connectivity index (χ0v) is 10.7. The molecule has 2 nitrogen and oxygen atoms in total. The molecule has 0 aliphatic heterocycles. The Morgan fingerprint density at radius 2 is 2.27 bits per heavy atom. The van der Waals surface area contributed by atoms with E-state index in [-0.39, 0.29) is 5.91 Å². The molecule has 1 aromatic carbocycles. The molecule has 0 unspecified atom stereocenters. The summed E-state index contributed by atoms with van der Waals surface area (Å²) in [7, 11) is 0. The van der Waals surface area contributed by atoms with Crippen molar-refractivity contribution in [1.82, 2.24) is 5.32 Å². The van der Waals surface area contributed by atoms with Gasteiger partial charge in [-0.25, -0.2) is 0 Å². The average molecular weight is 289 g/mol. The summed E-state index contributed by atoms with van der Waals surface area (Å²) < 4.78 is 0.721. The van der Waals surface area contributed by atoms with Crippen LogP contribution in [-0.4, -0.2) is 12.5 Å². The third kappa shape index (κ3) is 3.68. The normalized spacial score (nSPS) is 9.80. The molecule has 0 saturated carbocycles. The van der Waals surface area contributed by atoms with Crippen molar-refractivity contribution in [3.8, 4) is 0 Å². The molecular weight excluding hydrogens is 277 g/mol. The van der Waals surface area contributed by atoms with Gasteiger partial charge in [-0.2, -0.15) is 0 Å². The molecule has 0 spiro atoms. The van der Waals surface area contributed by atoms with Gasteiger partial charge in [0, 0.05) is 11.0 Å². The minimum atomic E-state index is -0.194. The Bertz CT molecular complexity index is 404. The van der Waals surface area contributed by atoms with E-state index in [1.165, 1.54) is 0 Å². The molecule has 80 valence electrons. The highest BCUT2D eigenvalue weighted by molar-refractivity contribution is 9.11. The van der Waals surface area contributed by atoms with E-state index in [2.05, 4.69) is 27.8 Å². The summed E-state index contributed by atoms with van der Waals surface area (Å²) in [6.45, 7) is 5.94. The third-order valence-electron chi connectivity index (χ3n) is 1.81. The van der Waals surface area contributed by atoms with E-state index in [4.69, 9.17) is 11.6 Å². The lowest BCUT2D eigenvalue weighted by Gasteiger charge is -2.06. The summed E-state index contributed by atoms with van der Waals surface area (Å²) in [4.78, 5) is 11.6. The van der Waals surface area contributed by atoms with Crippen LogP contribution < -0.4 is 5.32 Å². The van der Waals surface area contributed by atoms with Gasteiger partial charge in [-0.3, -0.25) is 4.79 Å². The molecule has 0 atom stereocenters. The lowest BCUT2D eigenvalue weighted by atomic mass is 10.1. The summed E-state index contributed by atoms with van der Waals surface area (Å²) in [6.07, 6.45) is 0. The van der Waals surface area contributed by atoms with Gasteiger partial charge >= 0.3 is 0 Å². The maximum absolute atomic E-state index is 11.6. The molecule has 1 N–H and O–H groups in total. The standard InChI is InChI=1S/C11H11BrClNO/c1-7-3-4-9(10(13)5-7)11(15)14-6-8(2)12/h3-5H,2,6H2,1H3,(H,14,15). The van der Waals surface area contributed by atoms with E-state index in [1.807, 2.05) is 13.0 Å². The van der Waals surface area contributed by atoms with E-state index >= 15 is 0 Å². The molecule has 0 aliphatic rings. The van der Waals surface area contributed by atoms with Crippen LogP contribution in [0.25, 0.3) is 0 Å². The van der Waals surface area contributed by atoms with Crippen LogP contribution in [0.15, 0.2) is 29.3 Å². The van der Waals surface area contributed by atoms with E-state index in [0.717, 1.165) is 10.0 Å². The summed E-state index contributed by atoms with van der Waals surface area (Å²) in [5.74, 6) is -0.194. The lowest BCUT2D eigenvalue weighted by molar-refractivity contribution is 0.0958. The molecule has 0 bridgehead atoms. The maximum atomic E-state index is 11.6. The van der Waals surface area contributed by atoms with Gasteiger partial charge in [-0.15, -0.1) is 0 Å². The predicted molar refractivity (Wildman–Crippen MR) is 66.6 cm³/mol. The number of amides is 1. The monoisotopic (exact) mass is 287 g/mol. The molecule has 1 aromatic rings. The van der Waals surface area contributed by atoms with Gasteiger partial charge in [0.05, 0.1) is 10.6 Å². The van der Waals surface area contributed by atoms with Gasteiger partial charge < -0.3 is 5.32 Å². The van der Waals surface area contributed by atoms with Crippen LogP contribution in [0.2, 0.25) is 5.02 Å². The first-order valence-electron chi connectivity index (χ1n) is 4.38. The molecule has 0 radical (unpaired) electrons. The first-order valence-corrected chi connectivity index (χ1v) is 5.55. The maximum Gasteiger partial charge on any atom is 0.253 e. The Labute approximate surface area is 102 Å². The van der Waals surface area contributed by atoms with Crippen LogP contribution in [0.5, 0.6) is 0 Å². The van der Waals surface area contributed by atoms with Crippen molar-refractivity contribution in [2.75, 3.05) is 6.54 Å². The Hall–Kier alpha value is -0.800. The van der Waals surface area contributed by atoms with Crippen LogP contribution in [-0.2, 0) is 0 Å². The number of carbonyl (C=O) groups excluding carboxylic acids is 1. The van der Waals surface area contributed by atoms with Crippen molar-refractivity contribution in [3.05, 3.63) is 45.4 Å². The van der Waals surface area contributed by atoms with Crippen molar-refractivity contribution in [3.63, 3.8) is 0 Å². The number of aryl methyl sites for hydroxylation is 1. The zero-order valence-electron chi connectivity index (χ0n) is 8.31. The number of halogens is 2. The first-order chi connectivity index (χ1) is 7.00. The lowest BCUT2D eigenvalue weighted by Crippen LogP contribution is -2.24. The summed E-state index contributed by atoms with van der Waals surface area (Å²) >= 11 is 9.11. The molecule has 0 fully saturated rings. The van der Waals surface area contributed by atoms with E-state index in [0.29, 0.717) is 17.1 Å². The van der Waals surface area contributed by atoms with Crippen LogP contribution in [0, 0.1) is 6.92 Å². The molecule has 4 heteroatoms. The molecule has 0 saturated heterocycles. The van der Waals surface area contributed by atoms with Crippen LogP contribution in [0.4, 0.5) is 0 Å². The van der Waals surface area contributed by atoms with Gasteiger partial charge in [0.25, 0.3) is 5.91 Å². The van der Waals surface area contributed by atoms with Crippen LogP contribution in [0.3, 0.4) is 0 Å². The fourth-order valence-corrected chi connectivity index (χ4v) is 1.54. The molecule has 0 aliphatic carbocycles. The Morgan fingerprint density at radius 3 is 2.80 bits per heavy atom. The number of hydrogen-bond acceptors (Lipinski definition) is 1. The second-order valence-electron chi connectivity index (χ2n) is 3.18. The van der Waals surface area contributed by atoms with E-state index in [9.17, 15) is 4.79 Å². The number of carbonyl (C=O) groups is 1. The first kappa shape index (κ1) is 12.3. The highest BCUT2D eigenvalue weighted by Gasteiger charge is 2.09. The molecular formula is C11H11BrClNO. The van der Waals surface area contributed by atoms with Crippen LogP contribution in [0.1, 0.15) is 15.9 Å². The van der Waals surface area contributed by atoms with Gasteiger partial charge in [-0.05, 0) is 24.6 Å². The highest BCUT2D eigenvalue weighted by Crippen LogP contribution is 2.17. The SMILES string of the molecule is C=C(Br)CNC(=O)c1ccc(C)cc1Cl. The summed E-state index contributed by atoms with van der Waals surface area (Å²) in [6, 6.07) is 5.33. The fraction of sp³-hybridized carbons (Fsp3) is 0.182. The van der Waals surface area contributed by atoms with E-state index in [1.54, 1.807) is 12.1 Å². The van der Waals surface area contributed by atoms with Gasteiger partial charge in [0.2, 0.25) is 0 Å². The zero-order chi connectivity index (χ0) is 11.4. The van der Waals surface area contributed by atoms with Gasteiger partial charge in [0.15, 0.2) is 0 Å². The highest BCUT2D eigenvalue weighted by atomic mass is 79.9. The molecule has 1 amide bonds. The minimum absolute atomic E-state index is 0.194. The van der Waals surface area contributed by atoms with Crippen molar-refractivity contribution >= 4 is 33.4 Å². The smallest absolute Gasteiger partial charge is 0.253 e. The predicted octanol–water partition coefficient (Wildman–Crippen LogP) is 3.29. The van der Waals surface area contributed by atoms with Gasteiger partial charge in [0.1, 0.15) is 0 Å². The Kier molecular flexibility index (Phi) is 4.36. The summed E-state index contributed by atoms with van der Waals surface area (Å²) in [5, 5.41) is 3.15. The van der Waals surface area contributed by atoms with Crippen molar-refractivity contribution < 1.29 is 4.79 Å². The quantitative estimate of drug-likeness (QED) is 0.908. The van der Waals surface area contributed by atoms with Gasteiger partial charge in [-0.1, -0.05) is 40.2 Å². The molecule has 0 heterocycles.